The molecule has 68 valence electrons. The quantitative estimate of drug-likeness (QED) is 0.503. The van der Waals surface area contributed by atoms with Gasteiger partial charge in [0, 0.05) is 19.0 Å². The molecule has 0 saturated carbocycles. The zero-order valence-electron chi connectivity index (χ0n) is 6.39. The van der Waals surface area contributed by atoms with Crippen LogP contribution in [0.5, 0.6) is 0 Å². The van der Waals surface area contributed by atoms with E-state index in [1.807, 2.05) is 0 Å². The second kappa shape index (κ2) is 4.27. The molecule has 6 heteroatoms. The molecule has 0 aromatic carbocycles. The number of halogens is 1. The van der Waals surface area contributed by atoms with E-state index in [1.165, 1.54) is 0 Å². The van der Waals surface area contributed by atoms with Gasteiger partial charge in [0.1, 0.15) is 6.04 Å². The first kappa shape index (κ1) is 9.28. The second-order valence-electron chi connectivity index (χ2n) is 2.39. The molecule has 1 aliphatic heterocycles. The van der Waals surface area contributed by atoms with Crippen LogP contribution in [0.15, 0.2) is 0 Å². The number of alkyl halides is 1. The van der Waals surface area contributed by atoms with Gasteiger partial charge in [-0.1, -0.05) is 0 Å². The third-order valence-electron chi connectivity index (χ3n) is 1.51. The van der Waals surface area contributed by atoms with Crippen molar-refractivity contribution < 1.29 is 9.59 Å². The molecule has 5 nitrogen and oxygen atoms in total. The Morgan fingerprint density at radius 2 is 2.33 bits per heavy atom. The van der Waals surface area contributed by atoms with Gasteiger partial charge in [-0.15, -0.1) is 11.6 Å². The summed E-state index contributed by atoms with van der Waals surface area (Å²) in [6, 6.07) is -0.801. The minimum absolute atomic E-state index is 0.302. The number of amides is 3. The van der Waals surface area contributed by atoms with Gasteiger partial charge in [-0.05, 0) is 0 Å². The van der Waals surface area contributed by atoms with Gasteiger partial charge in [0.25, 0.3) is 0 Å². The predicted molar refractivity (Wildman–Crippen MR) is 44.1 cm³/mol. The van der Waals surface area contributed by atoms with Crippen molar-refractivity contribution in [2.24, 2.45) is 0 Å². The second-order valence-corrected chi connectivity index (χ2v) is 2.77. The van der Waals surface area contributed by atoms with Crippen LogP contribution in [0, 0.1) is 0 Å². The lowest BCUT2D eigenvalue weighted by atomic mass is 10.2. The maximum Gasteiger partial charge on any atom is 0.321 e. The van der Waals surface area contributed by atoms with Crippen LogP contribution in [0.2, 0.25) is 0 Å². The molecule has 0 aromatic rings. The van der Waals surface area contributed by atoms with Gasteiger partial charge in [-0.25, -0.2) is 4.79 Å². The molecule has 0 radical (unpaired) electrons. The van der Waals surface area contributed by atoms with Gasteiger partial charge >= 0.3 is 6.03 Å². The Morgan fingerprint density at radius 1 is 1.58 bits per heavy atom. The summed E-state index contributed by atoms with van der Waals surface area (Å²) in [6.07, 6.45) is 0. The summed E-state index contributed by atoms with van der Waals surface area (Å²) in [5.74, 6) is 0.140. The predicted octanol–water partition coefficient (Wildman–Crippen LogP) is -0.977. The summed E-state index contributed by atoms with van der Waals surface area (Å²) >= 11 is 5.42. The maximum absolute atomic E-state index is 11.0. The van der Waals surface area contributed by atoms with E-state index in [0.29, 0.717) is 19.0 Å². The Morgan fingerprint density at radius 3 is 2.92 bits per heavy atom. The number of nitrogens with one attached hydrogen (secondary N) is 3. The molecular weight excluding hydrogens is 182 g/mol. The van der Waals surface area contributed by atoms with E-state index in [2.05, 4.69) is 16.0 Å². The summed E-state index contributed by atoms with van der Waals surface area (Å²) < 4.78 is 0. The summed E-state index contributed by atoms with van der Waals surface area (Å²) in [7, 11) is 0. The van der Waals surface area contributed by atoms with Crippen molar-refractivity contribution in [3.05, 3.63) is 0 Å². The maximum atomic E-state index is 11.0. The molecule has 1 rings (SSSR count). The first-order valence-electron chi connectivity index (χ1n) is 3.62. The third-order valence-corrected chi connectivity index (χ3v) is 1.69. The van der Waals surface area contributed by atoms with E-state index >= 15 is 0 Å². The van der Waals surface area contributed by atoms with Crippen molar-refractivity contribution in [2.45, 2.75) is 6.04 Å². The minimum Gasteiger partial charge on any atom is -0.336 e. The number of rotatable bonds is 3. The van der Waals surface area contributed by atoms with Crippen LogP contribution in [0.25, 0.3) is 0 Å². The van der Waals surface area contributed by atoms with Crippen LogP contribution in [-0.4, -0.2) is 36.9 Å². The average molecular weight is 192 g/mol. The molecule has 1 atom stereocenters. The molecule has 1 unspecified atom stereocenters. The van der Waals surface area contributed by atoms with Gasteiger partial charge in [0.05, 0.1) is 0 Å². The highest BCUT2D eigenvalue weighted by Crippen LogP contribution is 1.88. The fourth-order valence-electron chi connectivity index (χ4n) is 0.924. The topological polar surface area (TPSA) is 70.2 Å². The summed E-state index contributed by atoms with van der Waals surface area (Å²) in [5.41, 5.74) is 0. The van der Waals surface area contributed by atoms with Crippen LogP contribution in [0.1, 0.15) is 0 Å². The smallest absolute Gasteiger partial charge is 0.321 e. The molecule has 1 aliphatic rings. The Bertz CT molecular complexity index is 197. The van der Waals surface area contributed by atoms with Gasteiger partial charge in [0.15, 0.2) is 0 Å². The van der Waals surface area contributed by atoms with Crippen molar-refractivity contribution in [1.82, 2.24) is 16.0 Å². The van der Waals surface area contributed by atoms with Crippen molar-refractivity contribution in [1.29, 1.82) is 0 Å². The van der Waals surface area contributed by atoms with E-state index in [-0.39, 0.29) is 11.9 Å². The minimum atomic E-state index is -0.441. The highest BCUT2D eigenvalue weighted by molar-refractivity contribution is 6.18. The molecule has 1 heterocycles. The van der Waals surface area contributed by atoms with Gasteiger partial charge < -0.3 is 10.6 Å². The molecular formula is C6H10ClN3O2. The van der Waals surface area contributed by atoms with Crippen molar-refractivity contribution >= 4 is 23.5 Å². The fraction of sp³-hybridized carbons (Fsp3) is 0.667. The number of hydrogen-bond acceptors (Lipinski definition) is 3. The lowest BCUT2D eigenvalue weighted by Crippen LogP contribution is -2.60. The van der Waals surface area contributed by atoms with E-state index < -0.39 is 6.03 Å². The highest BCUT2D eigenvalue weighted by atomic mass is 35.5. The van der Waals surface area contributed by atoms with Gasteiger partial charge in [-0.3, -0.25) is 10.1 Å². The summed E-state index contributed by atoms with van der Waals surface area (Å²) in [5, 5.41) is 7.52. The monoisotopic (exact) mass is 191 g/mol. The van der Waals surface area contributed by atoms with E-state index in [4.69, 9.17) is 11.6 Å². The third kappa shape index (κ3) is 2.35. The van der Waals surface area contributed by atoms with E-state index in [1.54, 1.807) is 0 Å². The number of carbonyl (C=O) groups is 2. The van der Waals surface area contributed by atoms with E-state index in [0.717, 1.165) is 0 Å². The number of carbonyl (C=O) groups excluding carboxylic acids is 2. The molecule has 0 bridgehead atoms. The molecule has 0 aromatic heterocycles. The average Bonchev–Trinajstić information content (AvgIpc) is 2.03. The Labute approximate surface area is 74.8 Å². The highest BCUT2D eigenvalue weighted by Gasteiger charge is 2.24. The van der Waals surface area contributed by atoms with Crippen LogP contribution in [0.3, 0.4) is 0 Å². The zero-order chi connectivity index (χ0) is 8.97. The molecule has 1 fully saturated rings. The first-order chi connectivity index (χ1) is 5.74. The first-order valence-corrected chi connectivity index (χ1v) is 4.15. The molecule has 0 aliphatic carbocycles. The Balaban J connectivity index is 2.35. The Kier molecular flexibility index (Phi) is 3.31. The lowest BCUT2D eigenvalue weighted by molar-refractivity contribution is -0.122. The molecule has 12 heavy (non-hydrogen) atoms. The standard InChI is InChI=1S/C6H10ClN3O2/c7-1-2-8-4-3-9-6(12)10-5(4)11/h4,8H,1-3H2,(H2,9,10,11,12). The van der Waals surface area contributed by atoms with Crippen LogP contribution < -0.4 is 16.0 Å². The van der Waals surface area contributed by atoms with Crippen LogP contribution in [0.4, 0.5) is 4.79 Å². The summed E-state index contributed by atoms with van der Waals surface area (Å²) in [4.78, 5) is 21.6. The van der Waals surface area contributed by atoms with Crippen LogP contribution in [-0.2, 0) is 4.79 Å². The number of imide groups is 1. The van der Waals surface area contributed by atoms with Crippen molar-refractivity contribution in [3.63, 3.8) is 0 Å². The SMILES string of the molecule is O=C1NCC(NCCCl)C(=O)N1. The lowest BCUT2D eigenvalue weighted by Gasteiger charge is -2.22. The number of urea groups is 1. The van der Waals surface area contributed by atoms with Gasteiger partial charge in [0.2, 0.25) is 5.91 Å². The molecule has 0 spiro atoms. The Hall–Kier alpha value is -0.810. The number of hydrogen-bond donors (Lipinski definition) is 3. The van der Waals surface area contributed by atoms with Crippen LogP contribution >= 0.6 is 11.6 Å². The fourth-order valence-corrected chi connectivity index (χ4v) is 1.03. The normalized spacial score (nSPS) is 23.2. The van der Waals surface area contributed by atoms with Crippen molar-refractivity contribution in [2.75, 3.05) is 19.0 Å². The molecule has 1 saturated heterocycles. The van der Waals surface area contributed by atoms with Gasteiger partial charge in [-0.2, -0.15) is 0 Å². The molecule has 3 amide bonds. The zero-order valence-corrected chi connectivity index (χ0v) is 7.15. The van der Waals surface area contributed by atoms with E-state index in [9.17, 15) is 9.59 Å². The molecule has 3 N–H and O–H groups in total. The largest absolute Gasteiger partial charge is 0.336 e. The summed E-state index contributed by atoms with van der Waals surface area (Å²) in [6.45, 7) is 0.872. The van der Waals surface area contributed by atoms with Crippen molar-refractivity contribution in [3.8, 4) is 0 Å².